The van der Waals surface area contributed by atoms with Gasteiger partial charge in [-0.25, -0.2) is 0 Å². The van der Waals surface area contributed by atoms with Gasteiger partial charge in [0, 0.05) is 12.7 Å². The van der Waals surface area contributed by atoms with Crippen LogP contribution in [0.2, 0.25) is 0 Å². The number of hydrogen-bond acceptors (Lipinski definition) is 1. The van der Waals surface area contributed by atoms with Crippen molar-refractivity contribution in [1.82, 2.24) is 0 Å². The Bertz CT molecular complexity index is 514. The van der Waals surface area contributed by atoms with Crippen LogP contribution in [0, 0.1) is 6.07 Å². The molecule has 0 radical (unpaired) electrons. The summed E-state index contributed by atoms with van der Waals surface area (Å²) in [6, 6.07) is 20.0. The Kier molecular flexibility index (Phi) is 5.29. The minimum absolute atomic E-state index is 0. The summed E-state index contributed by atoms with van der Waals surface area (Å²) in [6.45, 7) is 6.69. The van der Waals surface area contributed by atoms with Gasteiger partial charge in [0.25, 0.3) is 0 Å². The van der Waals surface area contributed by atoms with Crippen LogP contribution in [-0.2, 0) is 5.41 Å². The third-order valence-electron chi connectivity index (χ3n) is 3.16. The first-order valence-electron chi connectivity index (χ1n) is 6.29. The molecule has 0 spiro atoms. The second-order valence-corrected chi connectivity index (χ2v) is 5.61. The van der Waals surface area contributed by atoms with Gasteiger partial charge in [-0.15, -0.1) is 6.07 Å². The molecular formula is C17H20LiN. The van der Waals surface area contributed by atoms with Crippen molar-refractivity contribution in [3.8, 4) is 0 Å². The van der Waals surface area contributed by atoms with E-state index >= 15 is 0 Å². The van der Waals surface area contributed by atoms with E-state index in [-0.39, 0.29) is 24.3 Å². The number of para-hydroxylation sites is 1. The zero-order chi connectivity index (χ0) is 13.2. The molecule has 1 nitrogen and oxygen atoms in total. The number of anilines is 2. The van der Waals surface area contributed by atoms with Crippen LogP contribution >= 0.6 is 0 Å². The van der Waals surface area contributed by atoms with Gasteiger partial charge in [0.15, 0.2) is 0 Å². The van der Waals surface area contributed by atoms with Gasteiger partial charge in [-0.3, -0.25) is 0 Å². The van der Waals surface area contributed by atoms with Gasteiger partial charge in [-0.2, -0.15) is 23.8 Å². The Hall–Kier alpha value is -1.16. The fraction of sp³-hybridized carbons (Fsp3) is 0.294. The first-order valence-corrected chi connectivity index (χ1v) is 6.29. The predicted octanol–water partition coefficient (Wildman–Crippen LogP) is 1.56. The normalized spacial score (nSPS) is 10.7. The van der Waals surface area contributed by atoms with Crippen LogP contribution in [-0.4, -0.2) is 7.05 Å². The monoisotopic (exact) mass is 245 g/mol. The third-order valence-corrected chi connectivity index (χ3v) is 3.16. The van der Waals surface area contributed by atoms with Crippen molar-refractivity contribution in [2.75, 3.05) is 11.9 Å². The zero-order valence-corrected chi connectivity index (χ0v) is 12.6. The molecule has 0 unspecified atom stereocenters. The number of benzene rings is 2. The van der Waals surface area contributed by atoms with Crippen molar-refractivity contribution in [2.45, 2.75) is 26.2 Å². The Balaban J connectivity index is 0.00000180. The van der Waals surface area contributed by atoms with Gasteiger partial charge in [-0.05, 0) is 17.5 Å². The van der Waals surface area contributed by atoms with E-state index in [1.54, 1.807) is 0 Å². The molecule has 94 valence electrons. The Morgan fingerprint density at radius 1 is 1.00 bits per heavy atom. The average molecular weight is 245 g/mol. The third kappa shape index (κ3) is 3.90. The molecule has 0 bridgehead atoms. The summed E-state index contributed by atoms with van der Waals surface area (Å²) in [7, 11) is 2.08. The second kappa shape index (κ2) is 6.33. The van der Waals surface area contributed by atoms with E-state index in [9.17, 15) is 0 Å². The van der Waals surface area contributed by atoms with Gasteiger partial charge in [0.1, 0.15) is 0 Å². The minimum Gasteiger partial charge on any atom is -0.368 e. The van der Waals surface area contributed by atoms with Gasteiger partial charge in [0.05, 0.1) is 0 Å². The quantitative estimate of drug-likeness (QED) is 0.573. The maximum Gasteiger partial charge on any atom is 1.00 e. The molecule has 0 amide bonds. The van der Waals surface area contributed by atoms with E-state index in [1.165, 1.54) is 11.3 Å². The molecule has 2 aromatic carbocycles. The van der Waals surface area contributed by atoms with E-state index in [2.05, 4.69) is 75.2 Å². The largest absolute Gasteiger partial charge is 1.00 e. The van der Waals surface area contributed by atoms with Gasteiger partial charge >= 0.3 is 18.9 Å². The summed E-state index contributed by atoms with van der Waals surface area (Å²) < 4.78 is 0. The number of rotatable bonds is 2. The molecule has 0 aliphatic carbocycles. The van der Waals surface area contributed by atoms with E-state index in [1.807, 2.05) is 12.1 Å². The van der Waals surface area contributed by atoms with Crippen molar-refractivity contribution in [3.05, 3.63) is 60.2 Å². The van der Waals surface area contributed by atoms with Crippen LogP contribution in [0.15, 0.2) is 48.5 Å². The molecule has 0 atom stereocenters. The van der Waals surface area contributed by atoms with Crippen LogP contribution in [0.5, 0.6) is 0 Å². The molecule has 0 saturated heterocycles. The molecule has 19 heavy (non-hydrogen) atoms. The molecule has 0 aliphatic rings. The van der Waals surface area contributed by atoms with Crippen molar-refractivity contribution < 1.29 is 18.9 Å². The van der Waals surface area contributed by atoms with Crippen LogP contribution in [0.4, 0.5) is 11.4 Å². The Labute approximate surface area is 128 Å². The second-order valence-electron chi connectivity index (χ2n) is 5.61. The predicted molar refractivity (Wildman–Crippen MR) is 78.5 cm³/mol. The van der Waals surface area contributed by atoms with Crippen molar-refractivity contribution in [2.24, 2.45) is 0 Å². The minimum atomic E-state index is 0. The summed E-state index contributed by atoms with van der Waals surface area (Å²) in [5, 5.41) is 0. The topological polar surface area (TPSA) is 3.24 Å². The van der Waals surface area contributed by atoms with Crippen LogP contribution in [0.1, 0.15) is 26.3 Å². The number of hydrogen-bond donors (Lipinski definition) is 0. The Morgan fingerprint density at radius 2 is 1.63 bits per heavy atom. The van der Waals surface area contributed by atoms with Gasteiger partial charge < -0.3 is 4.90 Å². The fourth-order valence-corrected chi connectivity index (χ4v) is 1.90. The van der Waals surface area contributed by atoms with E-state index < -0.39 is 0 Å². The van der Waals surface area contributed by atoms with E-state index in [0.717, 1.165) is 5.69 Å². The molecule has 0 fully saturated rings. The summed E-state index contributed by atoms with van der Waals surface area (Å²) in [6.07, 6.45) is 0. The number of nitrogens with zero attached hydrogens (tertiary/aromatic N) is 1. The first kappa shape index (κ1) is 15.9. The average Bonchev–Trinajstić information content (AvgIpc) is 2.38. The summed E-state index contributed by atoms with van der Waals surface area (Å²) in [5.74, 6) is 0. The molecule has 0 saturated carbocycles. The molecule has 0 aromatic heterocycles. The van der Waals surface area contributed by atoms with E-state index in [0.29, 0.717) is 0 Å². The van der Waals surface area contributed by atoms with E-state index in [4.69, 9.17) is 0 Å². The van der Waals surface area contributed by atoms with Gasteiger partial charge in [0.2, 0.25) is 0 Å². The molecule has 0 N–H and O–H groups in total. The van der Waals surface area contributed by atoms with Gasteiger partial charge in [-0.1, -0.05) is 44.7 Å². The Morgan fingerprint density at radius 3 is 2.21 bits per heavy atom. The summed E-state index contributed by atoms with van der Waals surface area (Å²) >= 11 is 0. The standard InChI is InChI=1S/C17H20N.Li/c1-17(2,3)14-9-8-12-16(13-14)18(4)15-10-6-5-7-11-15;/h5-11,13H,1-4H3;/q-1;+1. The molecule has 0 aliphatic heterocycles. The summed E-state index contributed by atoms with van der Waals surface area (Å²) in [5.41, 5.74) is 3.79. The molecule has 2 aromatic rings. The molecule has 2 heteroatoms. The zero-order valence-electron chi connectivity index (χ0n) is 12.6. The molecule has 2 rings (SSSR count). The molecular weight excluding hydrogens is 225 g/mol. The maximum absolute atomic E-state index is 3.31. The summed E-state index contributed by atoms with van der Waals surface area (Å²) in [4.78, 5) is 2.16. The first-order chi connectivity index (χ1) is 8.48. The van der Waals surface area contributed by atoms with Crippen molar-refractivity contribution >= 4 is 11.4 Å². The van der Waals surface area contributed by atoms with Crippen LogP contribution in [0.3, 0.4) is 0 Å². The van der Waals surface area contributed by atoms with Crippen LogP contribution in [0.25, 0.3) is 0 Å². The maximum atomic E-state index is 3.31. The molecule has 0 heterocycles. The van der Waals surface area contributed by atoms with Crippen molar-refractivity contribution in [3.63, 3.8) is 0 Å². The van der Waals surface area contributed by atoms with Crippen LogP contribution < -0.4 is 23.8 Å². The fourth-order valence-electron chi connectivity index (χ4n) is 1.90. The smallest absolute Gasteiger partial charge is 0.368 e. The SMILES string of the molecule is CN(c1[c-]ccc(C(C)(C)C)c1)c1ccccc1.[Li+]. The van der Waals surface area contributed by atoms with Crippen molar-refractivity contribution in [1.29, 1.82) is 0 Å².